The first kappa shape index (κ1) is 17.6. The molecule has 1 fully saturated rings. The van der Waals surface area contributed by atoms with Crippen molar-refractivity contribution in [2.45, 2.75) is 51.9 Å². The monoisotopic (exact) mass is 338 g/mol. The van der Waals surface area contributed by atoms with Gasteiger partial charge in [-0.05, 0) is 62.4 Å². The van der Waals surface area contributed by atoms with Crippen LogP contribution in [0.3, 0.4) is 0 Å². The zero-order valence-electron chi connectivity index (χ0n) is 15.2. The Balaban J connectivity index is 1.46. The molecule has 1 aromatic heterocycles. The molecule has 0 atom stereocenters. The smallest absolute Gasteiger partial charge is 0.223 e. The molecular formula is C21H26N2O2. The third-order valence-corrected chi connectivity index (χ3v) is 4.42. The Morgan fingerprint density at radius 1 is 1.08 bits per heavy atom. The second-order valence-corrected chi connectivity index (χ2v) is 7.67. The third-order valence-electron chi connectivity index (χ3n) is 4.42. The first-order valence-electron chi connectivity index (χ1n) is 8.85. The molecule has 0 aliphatic heterocycles. The number of ether oxygens (including phenoxy) is 1. The Morgan fingerprint density at radius 3 is 2.28 bits per heavy atom. The highest BCUT2D eigenvalue weighted by molar-refractivity contribution is 5.79. The van der Waals surface area contributed by atoms with Gasteiger partial charge in [0.15, 0.2) is 0 Å². The second-order valence-electron chi connectivity index (χ2n) is 7.67. The van der Waals surface area contributed by atoms with Gasteiger partial charge in [-0.15, -0.1) is 0 Å². The number of benzene rings is 1. The molecule has 0 unspecified atom stereocenters. The van der Waals surface area contributed by atoms with Crippen LogP contribution in [0.2, 0.25) is 0 Å². The van der Waals surface area contributed by atoms with Crippen LogP contribution >= 0.6 is 0 Å². The summed E-state index contributed by atoms with van der Waals surface area (Å²) in [5.74, 6) is 0.218. The predicted molar refractivity (Wildman–Crippen MR) is 98.9 cm³/mol. The lowest BCUT2D eigenvalue weighted by atomic mass is 9.81. The highest BCUT2D eigenvalue weighted by Gasteiger charge is 2.37. The Morgan fingerprint density at radius 2 is 1.68 bits per heavy atom. The molecule has 1 N–H and O–H groups in total. The molecule has 2 aromatic rings. The van der Waals surface area contributed by atoms with Gasteiger partial charge in [0.1, 0.15) is 0 Å². The number of amides is 1. The van der Waals surface area contributed by atoms with Crippen molar-refractivity contribution < 1.29 is 9.53 Å². The van der Waals surface area contributed by atoms with Gasteiger partial charge < -0.3 is 10.1 Å². The van der Waals surface area contributed by atoms with Crippen LogP contribution in [0.5, 0.6) is 0 Å². The second kappa shape index (κ2) is 7.36. The number of nitrogens with zero attached hydrogens (tertiary/aromatic N) is 1. The van der Waals surface area contributed by atoms with Crippen LogP contribution in [0.1, 0.15) is 39.2 Å². The van der Waals surface area contributed by atoms with Gasteiger partial charge in [-0.25, -0.2) is 0 Å². The minimum absolute atomic E-state index is 0.0865. The van der Waals surface area contributed by atoms with E-state index < -0.39 is 0 Å². The van der Waals surface area contributed by atoms with Crippen molar-refractivity contribution in [2.75, 3.05) is 0 Å². The average Bonchev–Trinajstić information content (AvgIpc) is 2.56. The van der Waals surface area contributed by atoms with E-state index in [9.17, 15) is 4.79 Å². The normalized spacial score (nSPS) is 20.0. The lowest BCUT2D eigenvalue weighted by Gasteiger charge is -2.38. The Hall–Kier alpha value is -2.20. The van der Waals surface area contributed by atoms with E-state index in [4.69, 9.17) is 4.74 Å². The minimum atomic E-state index is -0.136. The fourth-order valence-electron chi connectivity index (χ4n) is 3.07. The van der Waals surface area contributed by atoms with Crippen LogP contribution in [0.15, 0.2) is 48.8 Å². The molecule has 4 nitrogen and oxygen atoms in total. The first-order chi connectivity index (χ1) is 11.9. The van der Waals surface area contributed by atoms with Crippen molar-refractivity contribution in [1.82, 2.24) is 10.3 Å². The number of nitrogens with one attached hydrogen (secondary N) is 1. The maximum absolute atomic E-state index is 12.2. The number of carbonyl (C=O) groups excluding carboxylic acids is 1. The van der Waals surface area contributed by atoms with Gasteiger partial charge in [0.2, 0.25) is 5.91 Å². The highest BCUT2D eigenvalue weighted by Crippen LogP contribution is 2.33. The molecule has 1 aliphatic carbocycles. The maximum atomic E-state index is 12.2. The Kier molecular flexibility index (Phi) is 5.19. The Labute approximate surface area is 149 Å². The largest absolute Gasteiger partial charge is 0.373 e. The van der Waals surface area contributed by atoms with E-state index in [1.54, 1.807) is 12.4 Å². The molecule has 0 radical (unpaired) electrons. The van der Waals surface area contributed by atoms with Crippen molar-refractivity contribution in [3.8, 4) is 11.1 Å². The molecule has 0 bridgehead atoms. The molecule has 1 amide bonds. The fraction of sp³-hybridized carbons (Fsp3) is 0.429. The quantitative estimate of drug-likeness (QED) is 0.898. The molecule has 0 spiro atoms. The summed E-state index contributed by atoms with van der Waals surface area (Å²) < 4.78 is 5.89. The number of rotatable bonds is 5. The lowest BCUT2D eigenvalue weighted by Crippen LogP contribution is -2.44. The predicted octanol–water partition coefficient (Wildman–Crippen LogP) is 3.96. The van der Waals surface area contributed by atoms with Gasteiger partial charge in [0.05, 0.1) is 11.7 Å². The van der Waals surface area contributed by atoms with Crippen molar-refractivity contribution in [3.63, 3.8) is 0 Å². The Bertz CT molecular complexity index is 699. The van der Waals surface area contributed by atoms with Gasteiger partial charge in [-0.2, -0.15) is 0 Å². The van der Waals surface area contributed by atoms with Crippen LogP contribution in [0.4, 0.5) is 0 Å². The number of hydrogen-bond donors (Lipinski definition) is 1. The molecule has 0 saturated heterocycles. The van der Waals surface area contributed by atoms with Gasteiger partial charge >= 0.3 is 0 Å². The molecule has 132 valence electrons. The maximum Gasteiger partial charge on any atom is 0.223 e. The summed E-state index contributed by atoms with van der Waals surface area (Å²) in [6.07, 6.45) is 5.45. The summed E-state index contributed by atoms with van der Waals surface area (Å²) >= 11 is 0. The van der Waals surface area contributed by atoms with Crippen molar-refractivity contribution >= 4 is 5.91 Å². The van der Waals surface area contributed by atoms with Gasteiger partial charge in [-0.3, -0.25) is 9.78 Å². The van der Waals surface area contributed by atoms with Gasteiger partial charge in [0.25, 0.3) is 0 Å². The van der Waals surface area contributed by atoms with Crippen LogP contribution in [-0.2, 0) is 16.1 Å². The third kappa shape index (κ3) is 4.89. The number of pyridine rings is 1. The number of carbonyl (C=O) groups is 1. The average molecular weight is 338 g/mol. The fourth-order valence-corrected chi connectivity index (χ4v) is 3.07. The molecule has 1 heterocycles. The number of aromatic nitrogens is 1. The zero-order chi connectivity index (χ0) is 17.9. The molecular weight excluding hydrogens is 312 g/mol. The SMILES string of the molecule is CC(C)(C)OC1CC(C(=O)NCc2ccc(-c3ccncc3)cc2)C1. The summed E-state index contributed by atoms with van der Waals surface area (Å²) in [4.78, 5) is 16.3. The first-order valence-corrected chi connectivity index (χ1v) is 8.85. The van der Waals surface area contributed by atoms with E-state index in [-0.39, 0.29) is 23.5 Å². The van der Waals surface area contributed by atoms with E-state index in [1.165, 1.54) is 0 Å². The van der Waals surface area contributed by atoms with E-state index in [2.05, 4.69) is 55.3 Å². The van der Waals surface area contributed by atoms with Crippen LogP contribution in [-0.4, -0.2) is 22.6 Å². The summed E-state index contributed by atoms with van der Waals surface area (Å²) in [7, 11) is 0. The van der Waals surface area contributed by atoms with Crippen LogP contribution < -0.4 is 5.32 Å². The molecule has 1 saturated carbocycles. The molecule has 25 heavy (non-hydrogen) atoms. The minimum Gasteiger partial charge on any atom is -0.373 e. The van der Waals surface area contributed by atoms with Crippen molar-refractivity contribution in [3.05, 3.63) is 54.4 Å². The van der Waals surface area contributed by atoms with Crippen molar-refractivity contribution in [2.24, 2.45) is 5.92 Å². The summed E-state index contributed by atoms with van der Waals surface area (Å²) in [5.41, 5.74) is 3.26. The van der Waals surface area contributed by atoms with E-state index in [1.807, 2.05) is 12.1 Å². The standard InChI is InChI=1S/C21H26N2O2/c1-21(2,3)25-19-12-18(13-19)20(24)23-14-15-4-6-16(7-5-15)17-8-10-22-11-9-17/h4-11,18-19H,12-14H2,1-3H3,(H,23,24). The summed E-state index contributed by atoms with van der Waals surface area (Å²) in [5, 5.41) is 3.04. The summed E-state index contributed by atoms with van der Waals surface area (Å²) in [6.45, 7) is 6.72. The van der Waals surface area contributed by atoms with E-state index in [0.717, 1.165) is 29.5 Å². The topological polar surface area (TPSA) is 51.2 Å². The lowest BCUT2D eigenvalue weighted by molar-refractivity contribution is -0.144. The number of hydrogen-bond acceptors (Lipinski definition) is 3. The summed E-state index contributed by atoms with van der Waals surface area (Å²) in [6, 6.07) is 12.2. The van der Waals surface area contributed by atoms with Gasteiger partial charge in [-0.1, -0.05) is 24.3 Å². The highest BCUT2D eigenvalue weighted by atomic mass is 16.5. The van der Waals surface area contributed by atoms with E-state index >= 15 is 0 Å². The molecule has 1 aromatic carbocycles. The molecule has 1 aliphatic rings. The zero-order valence-corrected chi connectivity index (χ0v) is 15.2. The van der Waals surface area contributed by atoms with E-state index in [0.29, 0.717) is 6.54 Å². The molecule has 4 heteroatoms. The van der Waals surface area contributed by atoms with Gasteiger partial charge in [0, 0.05) is 24.9 Å². The van der Waals surface area contributed by atoms with Crippen molar-refractivity contribution in [1.29, 1.82) is 0 Å². The molecule has 3 rings (SSSR count). The van der Waals surface area contributed by atoms with Crippen LogP contribution in [0, 0.1) is 5.92 Å². The van der Waals surface area contributed by atoms with Crippen LogP contribution in [0.25, 0.3) is 11.1 Å².